The van der Waals surface area contributed by atoms with Crippen molar-refractivity contribution in [2.24, 2.45) is 0 Å². The molecule has 1 atom stereocenters. The van der Waals surface area contributed by atoms with E-state index in [9.17, 15) is 5.21 Å². The first-order valence-corrected chi connectivity index (χ1v) is 8.09. The van der Waals surface area contributed by atoms with Crippen molar-refractivity contribution in [3.05, 3.63) is 107 Å². The fourth-order valence-corrected chi connectivity index (χ4v) is 3.23. The van der Waals surface area contributed by atoms with Crippen molar-refractivity contribution in [1.82, 2.24) is 0 Å². The van der Waals surface area contributed by atoms with Crippen molar-refractivity contribution in [3.63, 3.8) is 0 Å². The SMILES string of the molecule is [O-][N+]1=C(c2ccccc2)CN(c2ccccc2)C1c1ccccc1. The van der Waals surface area contributed by atoms with E-state index in [4.69, 9.17) is 0 Å². The van der Waals surface area contributed by atoms with Gasteiger partial charge in [0.25, 0.3) is 6.17 Å². The van der Waals surface area contributed by atoms with Crippen LogP contribution in [-0.2, 0) is 0 Å². The first-order chi connectivity index (χ1) is 11.8. The Labute approximate surface area is 141 Å². The minimum absolute atomic E-state index is 0.344. The summed E-state index contributed by atoms with van der Waals surface area (Å²) in [6.07, 6.45) is -0.344. The first-order valence-electron chi connectivity index (χ1n) is 8.09. The highest BCUT2D eigenvalue weighted by molar-refractivity contribution is 6.01. The monoisotopic (exact) mass is 314 g/mol. The Bertz CT molecular complexity index is 845. The van der Waals surface area contributed by atoms with Gasteiger partial charge in [0.05, 0.1) is 0 Å². The normalized spacial score (nSPS) is 17.3. The molecule has 0 radical (unpaired) electrons. The van der Waals surface area contributed by atoms with Crippen LogP contribution in [0.2, 0.25) is 0 Å². The van der Waals surface area contributed by atoms with Crippen LogP contribution in [0.1, 0.15) is 17.3 Å². The van der Waals surface area contributed by atoms with Gasteiger partial charge in [-0.15, -0.1) is 0 Å². The Balaban J connectivity index is 1.82. The molecule has 3 nitrogen and oxygen atoms in total. The van der Waals surface area contributed by atoms with Gasteiger partial charge in [-0.3, -0.25) is 4.90 Å². The number of hydroxylamine groups is 1. The van der Waals surface area contributed by atoms with Gasteiger partial charge in [-0.2, -0.15) is 4.74 Å². The molecule has 1 aliphatic rings. The van der Waals surface area contributed by atoms with E-state index in [1.807, 2.05) is 78.9 Å². The van der Waals surface area contributed by atoms with E-state index in [1.165, 1.54) is 0 Å². The number of rotatable bonds is 3. The Kier molecular flexibility index (Phi) is 3.75. The van der Waals surface area contributed by atoms with Crippen LogP contribution >= 0.6 is 0 Å². The lowest BCUT2D eigenvalue weighted by Crippen LogP contribution is -2.28. The third-order valence-corrected chi connectivity index (χ3v) is 4.40. The van der Waals surface area contributed by atoms with Gasteiger partial charge < -0.3 is 5.21 Å². The molecule has 0 amide bonds. The molecule has 0 fully saturated rings. The molecule has 1 heterocycles. The third kappa shape index (κ3) is 2.54. The molecule has 3 heteroatoms. The first kappa shape index (κ1) is 14.5. The predicted molar refractivity (Wildman–Crippen MR) is 97.1 cm³/mol. The average Bonchev–Trinajstić information content (AvgIpc) is 3.01. The van der Waals surface area contributed by atoms with Crippen LogP contribution in [0.15, 0.2) is 91.0 Å². The molecule has 24 heavy (non-hydrogen) atoms. The lowest BCUT2D eigenvalue weighted by atomic mass is 10.1. The summed E-state index contributed by atoms with van der Waals surface area (Å²) in [7, 11) is 0. The van der Waals surface area contributed by atoms with Crippen molar-refractivity contribution >= 4 is 11.4 Å². The maximum atomic E-state index is 13.1. The van der Waals surface area contributed by atoms with E-state index in [1.54, 1.807) is 0 Å². The van der Waals surface area contributed by atoms with Gasteiger partial charge >= 0.3 is 0 Å². The smallest absolute Gasteiger partial charge is 0.266 e. The molecular weight excluding hydrogens is 296 g/mol. The molecule has 0 N–H and O–H groups in total. The maximum Gasteiger partial charge on any atom is 0.266 e. The molecule has 1 unspecified atom stereocenters. The van der Waals surface area contributed by atoms with Crippen molar-refractivity contribution in [2.45, 2.75) is 6.17 Å². The van der Waals surface area contributed by atoms with E-state index in [2.05, 4.69) is 17.0 Å². The van der Waals surface area contributed by atoms with Crippen molar-refractivity contribution in [1.29, 1.82) is 0 Å². The molecule has 4 rings (SSSR count). The molecule has 0 spiro atoms. The topological polar surface area (TPSA) is 29.3 Å². The quantitative estimate of drug-likeness (QED) is 0.535. The second-order valence-electron chi connectivity index (χ2n) is 5.89. The minimum Gasteiger partial charge on any atom is -0.622 e. The van der Waals surface area contributed by atoms with Gasteiger partial charge in [0, 0.05) is 16.8 Å². The molecule has 0 aliphatic carbocycles. The summed E-state index contributed by atoms with van der Waals surface area (Å²) in [5.74, 6) is 0. The Morgan fingerprint density at radius 1 is 0.750 bits per heavy atom. The van der Waals surface area contributed by atoms with Crippen LogP contribution in [0, 0.1) is 5.21 Å². The summed E-state index contributed by atoms with van der Waals surface area (Å²) in [5, 5.41) is 13.1. The van der Waals surface area contributed by atoms with Gasteiger partial charge in [-0.05, 0) is 24.3 Å². The molecule has 0 aromatic heterocycles. The summed E-state index contributed by atoms with van der Waals surface area (Å²) in [6.45, 7) is 0.594. The number of anilines is 1. The molecular formula is C21H18N2O. The zero-order valence-corrected chi connectivity index (χ0v) is 13.2. The number of para-hydroxylation sites is 1. The average molecular weight is 314 g/mol. The van der Waals surface area contributed by atoms with Crippen LogP contribution < -0.4 is 4.90 Å². The predicted octanol–water partition coefficient (Wildman–Crippen LogP) is 4.21. The highest BCUT2D eigenvalue weighted by Crippen LogP contribution is 2.32. The lowest BCUT2D eigenvalue weighted by Gasteiger charge is -2.24. The fraction of sp³-hybridized carbons (Fsp3) is 0.0952. The van der Waals surface area contributed by atoms with Gasteiger partial charge in [0.15, 0.2) is 0 Å². The summed E-state index contributed by atoms with van der Waals surface area (Å²) in [5.41, 5.74) is 3.83. The van der Waals surface area contributed by atoms with Gasteiger partial charge in [-0.25, -0.2) is 0 Å². The molecule has 0 bridgehead atoms. The van der Waals surface area contributed by atoms with Crippen LogP contribution in [0.4, 0.5) is 5.69 Å². The molecule has 0 saturated carbocycles. The van der Waals surface area contributed by atoms with Crippen molar-refractivity contribution in [2.75, 3.05) is 11.4 Å². The second-order valence-corrected chi connectivity index (χ2v) is 5.89. The van der Waals surface area contributed by atoms with E-state index in [0.29, 0.717) is 6.54 Å². The summed E-state index contributed by atoms with van der Waals surface area (Å²) >= 11 is 0. The van der Waals surface area contributed by atoms with E-state index in [-0.39, 0.29) is 6.17 Å². The van der Waals surface area contributed by atoms with Crippen LogP contribution in [-0.4, -0.2) is 17.0 Å². The van der Waals surface area contributed by atoms with Crippen LogP contribution in [0.25, 0.3) is 0 Å². The Morgan fingerprint density at radius 3 is 1.92 bits per heavy atom. The third-order valence-electron chi connectivity index (χ3n) is 4.40. The molecule has 3 aromatic rings. The van der Waals surface area contributed by atoms with Crippen LogP contribution in [0.3, 0.4) is 0 Å². The summed E-state index contributed by atoms with van der Waals surface area (Å²) in [6, 6.07) is 30.0. The fourth-order valence-electron chi connectivity index (χ4n) is 3.23. The van der Waals surface area contributed by atoms with Gasteiger partial charge in [0.1, 0.15) is 6.54 Å². The van der Waals surface area contributed by atoms with Gasteiger partial charge in [-0.1, -0.05) is 66.7 Å². The minimum atomic E-state index is -0.344. The number of benzene rings is 3. The second kappa shape index (κ2) is 6.20. The van der Waals surface area contributed by atoms with E-state index < -0.39 is 0 Å². The van der Waals surface area contributed by atoms with Crippen LogP contribution in [0.5, 0.6) is 0 Å². The highest BCUT2D eigenvalue weighted by atomic mass is 16.5. The zero-order valence-electron chi connectivity index (χ0n) is 13.2. The highest BCUT2D eigenvalue weighted by Gasteiger charge is 2.38. The zero-order chi connectivity index (χ0) is 16.4. The Morgan fingerprint density at radius 2 is 1.29 bits per heavy atom. The molecule has 0 saturated heterocycles. The van der Waals surface area contributed by atoms with E-state index >= 15 is 0 Å². The largest absolute Gasteiger partial charge is 0.622 e. The number of hydrogen-bond acceptors (Lipinski definition) is 2. The Hall–Kier alpha value is -3.07. The van der Waals surface area contributed by atoms with Gasteiger partial charge in [0.2, 0.25) is 5.71 Å². The standard InChI is InChI=1S/C21H18N2O/c24-23-20(17-10-4-1-5-11-17)16-22(19-14-8-3-9-15-19)21(23)18-12-6-2-7-13-18/h1-15,21H,16H2. The van der Waals surface area contributed by atoms with Crippen molar-refractivity contribution < 1.29 is 4.74 Å². The van der Waals surface area contributed by atoms with Crippen molar-refractivity contribution in [3.8, 4) is 0 Å². The lowest BCUT2D eigenvalue weighted by molar-refractivity contribution is -0.497. The molecule has 118 valence electrons. The van der Waals surface area contributed by atoms with E-state index in [0.717, 1.165) is 27.3 Å². The summed E-state index contributed by atoms with van der Waals surface area (Å²) in [4.78, 5) is 2.16. The number of nitrogens with zero attached hydrogens (tertiary/aromatic N) is 2. The maximum absolute atomic E-state index is 13.1. The number of hydrogen-bond donors (Lipinski definition) is 0. The molecule has 3 aromatic carbocycles. The molecule has 1 aliphatic heterocycles. The summed E-state index contributed by atoms with van der Waals surface area (Å²) < 4.78 is 1.15.